The minimum Gasteiger partial charge on any atom is -0.481 e. The van der Waals surface area contributed by atoms with Crippen LogP contribution in [0.1, 0.15) is 33.6 Å². The van der Waals surface area contributed by atoms with E-state index in [1.54, 1.807) is 20.8 Å². The molecule has 1 aromatic carbocycles. The van der Waals surface area contributed by atoms with Crippen LogP contribution >= 0.6 is 0 Å². The first-order chi connectivity index (χ1) is 14.3. The fourth-order valence-corrected chi connectivity index (χ4v) is 4.71. The Labute approximate surface area is 179 Å². The zero-order valence-corrected chi connectivity index (χ0v) is 18.0. The van der Waals surface area contributed by atoms with Crippen LogP contribution < -0.4 is 5.32 Å². The fourth-order valence-electron chi connectivity index (χ4n) is 2.90. The molecular weight excluding hydrogens is 434 g/mol. The van der Waals surface area contributed by atoms with E-state index in [2.05, 4.69) is 5.32 Å². The molecule has 2 atom stereocenters. The number of carboxylic acid groups (broad SMARTS) is 2. The Balaban J connectivity index is 3.35. The van der Waals surface area contributed by atoms with Crippen LogP contribution in [0.15, 0.2) is 29.2 Å². The molecule has 0 aliphatic carbocycles. The molecule has 0 saturated heterocycles. The first kappa shape index (κ1) is 26.0. The van der Waals surface area contributed by atoms with Gasteiger partial charge in [-0.1, -0.05) is 20.8 Å². The van der Waals surface area contributed by atoms with E-state index in [0.29, 0.717) is 6.42 Å². The van der Waals surface area contributed by atoms with Gasteiger partial charge in [-0.3, -0.25) is 19.7 Å². The van der Waals surface area contributed by atoms with E-state index in [1.165, 1.54) is 0 Å². The molecule has 0 aliphatic heterocycles. The zero-order chi connectivity index (χ0) is 23.9. The third kappa shape index (κ3) is 6.72. The number of carbonyl (C=O) groups excluding carboxylic acids is 1. The Morgan fingerprint density at radius 1 is 1.16 bits per heavy atom. The van der Waals surface area contributed by atoms with Crippen molar-refractivity contribution in [2.75, 3.05) is 6.54 Å². The van der Waals surface area contributed by atoms with Crippen molar-refractivity contribution in [3.63, 3.8) is 0 Å². The summed E-state index contributed by atoms with van der Waals surface area (Å²) in [4.78, 5) is 44.9. The summed E-state index contributed by atoms with van der Waals surface area (Å²) in [6, 6.07) is 1.07. The van der Waals surface area contributed by atoms with Gasteiger partial charge in [0.25, 0.3) is 5.69 Å². The first-order valence-electron chi connectivity index (χ1n) is 9.34. The number of benzene rings is 1. The number of amides is 1. The van der Waals surface area contributed by atoms with E-state index in [9.17, 15) is 38.0 Å². The lowest BCUT2D eigenvalue weighted by Gasteiger charge is -2.33. The van der Waals surface area contributed by atoms with Gasteiger partial charge in [0.15, 0.2) is 0 Å². The molecule has 0 heterocycles. The second-order valence-corrected chi connectivity index (χ2v) is 8.94. The van der Waals surface area contributed by atoms with Crippen LogP contribution in [0, 0.1) is 16.0 Å². The number of rotatable bonds is 12. The third-order valence-electron chi connectivity index (χ3n) is 4.30. The van der Waals surface area contributed by atoms with Gasteiger partial charge in [0.2, 0.25) is 15.9 Å². The van der Waals surface area contributed by atoms with E-state index < -0.39 is 57.2 Å². The molecule has 1 rings (SSSR count). The highest BCUT2D eigenvalue weighted by molar-refractivity contribution is 7.89. The van der Waals surface area contributed by atoms with Crippen LogP contribution in [0.3, 0.4) is 0 Å². The number of nitrogens with zero attached hydrogens (tertiary/aromatic N) is 2. The van der Waals surface area contributed by atoms with Crippen LogP contribution in [0.4, 0.5) is 5.69 Å². The average Bonchev–Trinajstić information content (AvgIpc) is 2.66. The van der Waals surface area contributed by atoms with Gasteiger partial charge >= 0.3 is 11.9 Å². The van der Waals surface area contributed by atoms with E-state index in [-0.39, 0.29) is 17.1 Å². The summed E-state index contributed by atoms with van der Waals surface area (Å²) >= 11 is 0. The highest BCUT2D eigenvalue weighted by Gasteiger charge is 2.39. The molecular formula is C18H25N3O9S. The standard InChI is InChI=1S/C18H25N3O9S/c1-4-9-20(31(29,30)13-7-5-12(6-8-13)21(27)28)16(11(2)3)17(24)19-14(18(25)26)10-15(22)23/h5-8,11,14,16H,4,9-10H2,1-3H3,(H,19,24)(H,22,23)(H,25,26)/t14-,16-/m0/s1. The molecule has 0 radical (unpaired) electrons. The lowest BCUT2D eigenvalue weighted by atomic mass is 10.0. The Morgan fingerprint density at radius 3 is 2.10 bits per heavy atom. The number of aliphatic carboxylic acids is 2. The topological polar surface area (TPSA) is 184 Å². The second-order valence-electron chi connectivity index (χ2n) is 7.05. The predicted molar refractivity (Wildman–Crippen MR) is 108 cm³/mol. The predicted octanol–water partition coefficient (Wildman–Crippen LogP) is 1.06. The molecule has 0 unspecified atom stereocenters. The molecule has 31 heavy (non-hydrogen) atoms. The van der Waals surface area contributed by atoms with Crippen LogP contribution in [0.2, 0.25) is 0 Å². The van der Waals surface area contributed by atoms with Crippen LogP contribution in [-0.2, 0) is 24.4 Å². The summed E-state index contributed by atoms with van der Waals surface area (Å²) in [6.07, 6.45) is -0.561. The normalized spacial score (nSPS) is 13.6. The maximum Gasteiger partial charge on any atom is 0.326 e. The molecule has 12 nitrogen and oxygen atoms in total. The van der Waals surface area contributed by atoms with Gasteiger partial charge in [-0.2, -0.15) is 4.31 Å². The molecule has 1 amide bonds. The van der Waals surface area contributed by atoms with Gasteiger partial charge in [0.1, 0.15) is 12.1 Å². The molecule has 172 valence electrons. The zero-order valence-electron chi connectivity index (χ0n) is 17.2. The van der Waals surface area contributed by atoms with E-state index in [4.69, 9.17) is 5.11 Å². The fraction of sp³-hybridized carbons (Fsp3) is 0.500. The molecule has 0 spiro atoms. The summed E-state index contributed by atoms with van der Waals surface area (Å²) in [5.41, 5.74) is -0.308. The maximum absolute atomic E-state index is 13.2. The number of nitro groups is 1. The summed E-state index contributed by atoms with van der Waals surface area (Å²) in [5, 5.41) is 31.0. The van der Waals surface area contributed by atoms with Crippen LogP contribution in [0.5, 0.6) is 0 Å². The molecule has 13 heteroatoms. The van der Waals surface area contributed by atoms with Crippen molar-refractivity contribution in [3.05, 3.63) is 34.4 Å². The van der Waals surface area contributed by atoms with Gasteiger partial charge in [0.05, 0.1) is 16.2 Å². The van der Waals surface area contributed by atoms with Gasteiger partial charge in [-0.05, 0) is 24.5 Å². The number of nitro benzene ring substituents is 1. The van der Waals surface area contributed by atoms with Gasteiger partial charge in [-0.25, -0.2) is 13.2 Å². The molecule has 0 fully saturated rings. The first-order valence-corrected chi connectivity index (χ1v) is 10.8. The van der Waals surface area contributed by atoms with Crippen molar-refractivity contribution < 1.29 is 37.9 Å². The summed E-state index contributed by atoms with van der Waals surface area (Å²) < 4.78 is 27.3. The molecule has 0 aromatic heterocycles. The van der Waals surface area contributed by atoms with Crippen molar-refractivity contribution in [3.8, 4) is 0 Å². The summed E-state index contributed by atoms with van der Waals surface area (Å²) in [6.45, 7) is 4.71. The SMILES string of the molecule is CCCN([C@H](C(=O)N[C@@H](CC(=O)O)C(=O)O)C(C)C)S(=O)(=O)c1ccc([N+](=O)[O-])cc1. The van der Waals surface area contributed by atoms with Crippen molar-refractivity contribution in [1.29, 1.82) is 0 Å². The van der Waals surface area contributed by atoms with Crippen molar-refractivity contribution in [1.82, 2.24) is 9.62 Å². The summed E-state index contributed by atoms with van der Waals surface area (Å²) in [7, 11) is -4.29. The quantitative estimate of drug-likeness (QED) is 0.304. The van der Waals surface area contributed by atoms with E-state index >= 15 is 0 Å². The number of sulfonamides is 1. The summed E-state index contributed by atoms with van der Waals surface area (Å²) in [5.74, 6) is -4.57. The Kier molecular flexibility index (Phi) is 9.06. The minimum absolute atomic E-state index is 0.0910. The number of carbonyl (C=O) groups is 3. The molecule has 0 saturated carbocycles. The Morgan fingerprint density at radius 2 is 1.71 bits per heavy atom. The minimum atomic E-state index is -4.29. The monoisotopic (exact) mass is 459 g/mol. The van der Waals surface area contributed by atoms with Gasteiger partial charge in [0, 0.05) is 18.7 Å². The average molecular weight is 459 g/mol. The van der Waals surface area contributed by atoms with Gasteiger partial charge < -0.3 is 15.5 Å². The maximum atomic E-state index is 13.2. The van der Waals surface area contributed by atoms with Crippen molar-refractivity contribution in [2.45, 2.75) is 50.6 Å². The molecule has 3 N–H and O–H groups in total. The smallest absolute Gasteiger partial charge is 0.326 e. The third-order valence-corrected chi connectivity index (χ3v) is 6.20. The number of hydrogen-bond donors (Lipinski definition) is 3. The number of carboxylic acids is 2. The number of nitrogens with one attached hydrogen (secondary N) is 1. The Bertz CT molecular complexity index is 929. The lowest BCUT2D eigenvalue weighted by Crippen LogP contribution is -2.55. The number of non-ortho nitro benzene ring substituents is 1. The van der Waals surface area contributed by atoms with E-state index in [1.807, 2.05) is 0 Å². The van der Waals surface area contributed by atoms with Gasteiger partial charge in [-0.15, -0.1) is 0 Å². The van der Waals surface area contributed by atoms with Crippen molar-refractivity contribution >= 4 is 33.6 Å². The largest absolute Gasteiger partial charge is 0.481 e. The highest BCUT2D eigenvalue weighted by atomic mass is 32.2. The van der Waals surface area contributed by atoms with Crippen LogP contribution in [0.25, 0.3) is 0 Å². The molecule has 1 aromatic rings. The second kappa shape index (κ2) is 10.8. The molecule has 0 aliphatic rings. The Hall–Kier alpha value is -3.06. The van der Waals surface area contributed by atoms with Crippen molar-refractivity contribution in [2.24, 2.45) is 5.92 Å². The molecule has 0 bridgehead atoms. The highest BCUT2D eigenvalue weighted by Crippen LogP contribution is 2.24. The van der Waals surface area contributed by atoms with Crippen LogP contribution in [-0.4, -0.2) is 64.3 Å². The van der Waals surface area contributed by atoms with E-state index in [0.717, 1.165) is 28.6 Å². The number of hydrogen-bond acceptors (Lipinski definition) is 7. The lowest BCUT2D eigenvalue weighted by molar-refractivity contribution is -0.384.